The quantitative estimate of drug-likeness (QED) is 0.126. The molecule has 1 amide bonds. The van der Waals surface area contributed by atoms with Gasteiger partial charge in [0, 0.05) is 17.5 Å². The Balaban J connectivity index is 1.45. The molecular weight excluding hydrogens is 570 g/mol. The summed E-state index contributed by atoms with van der Waals surface area (Å²) in [5.74, 6) is -1.20. The van der Waals surface area contributed by atoms with Gasteiger partial charge in [-0.05, 0) is 35.9 Å². The zero-order valence-electron chi connectivity index (χ0n) is 20.4. The van der Waals surface area contributed by atoms with Crippen LogP contribution in [-0.2, 0) is 22.7 Å². The van der Waals surface area contributed by atoms with E-state index in [2.05, 4.69) is 22.1 Å². The number of nitrogens with zero attached hydrogens (tertiary/aromatic N) is 3. The normalized spacial score (nSPS) is 10.8. The van der Waals surface area contributed by atoms with Gasteiger partial charge in [0.05, 0.1) is 17.9 Å². The van der Waals surface area contributed by atoms with Gasteiger partial charge in [-0.25, -0.2) is 13.6 Å². The Morgan fingerprint density at radius 1 is 1.18 bits per heavy atom. The second-order valence-corrected chi connectivity index (χ2v) is 10.1. The molecule has 202 valence electrons. The monoisotopic (exact) mass is 590 g/mol. The molecular formula is C26H21ClF2N4O4S2. The van der Waals surface area contributed by atoms with E-state index in [4.69, 9.17) is 21.1 Å². The maximum absolute atomic E-state index is 13.4. The standard InChI is InChI=1S/C26H21ClF2N4O4S2/c1-3-10-33-21(12-37-20-9-8-17(29)11-19(20)27)31-32-26(33)39-14-22(34)30-24-23(25(35)36-2)18(13-38-24)15-4-6-16(28)7-5-15/h3-9,11,13H,1,10,12,14H2,2H3,(H,30,34). The second-order valence-electron chi connectivity index (χ2n) is 7.85. The first-order chi connectivity index (χ1) is 18.8. The highest BCUT2D eigenvalue weighted by Gasteiger charge is 2.23. The number of thioether (sulfide) groups is 1. The Kier molecular flexibility index (Phi) is 9.33. The second kappa shape index (κ2) is 12.9. The first kappa shape index (κ1) is 28.3. The lowest BCUT2D eigenvalue weighted by atomic mass is 10.0. The number of ether oxygens (including phenoxy) is 2. The lowest BCUT2D eigenvalue weighted by Gasteiger charge is -2.10. The number of nitrogens with one attached hydrogen (secondary N) is 1. The van der Waals surface area contributed by atoms with Crippen LogP contribution in [0.15, 0.2) is 65.7 Å². The van der Waals surface area contributed by atoms with E-state index in [1.165, 1.54) is 31.4 Å². The summed E-state index contributed by atoms with van der Waals surface area (Å²) < 4.78 is 39.0. The van der Waals surface area contributed by atoms with Crippen molar-refractivity contribution in [3.8, 4) is 16.9 Å². The van der Waals surface area contributed by atoms with Gasteiger partial charge in [-0.15, -0.1) is 28.1 Å². The number of carbonyl (C=O) groups is 2. The molecule has 1 N–H and O–H groups in total. The van der Waals surface area contributed by atoms with Crippen LogP contribution in [0.1, 0.15) is 16.2 Å². The average Bonchev–Trinajstić information content (AvgIpc) is 3.51. The van der Waals surface area contributed by atoms with Gasteiger partial charge in [0.15, 0.2) is 11.0 Å². The number of anilines is 1. The molecule has 0 fully saturated rings. The lowest BCUT2D eigenvalue weighted by Crippen LogP contribution is -2.16. The van der Waals surface area contributed by atoms with Gasteiger partial charge in [-0.2, -0.15) is 0 Å². The topological polar surface area (TPSA) is 95.3 Å². The third-order valence-electron chi connectivity index (χ3n) is 5.28. The van der Waals surface area contributed by atoms with Crippen molar-refractivity contribution in [1.29, 1.82) is 0 Å². The maximum Gasteiger partial charge on any atom is 0.341 e. The number of hydrogen-bond donors (Lipinski definition) is 1. The minimum absolute atomic E-state index is 0.00277. The van der Waals surface area contributed by atoms with Crippen molar-refractivity contribution in [2.45, 2.75) is 18.3 Å². The fourth-order valence-electron chi connectivity index (χ4n) is 3.47. The SMILES string of the molecule is C=CCn1c(COc2ccc(F)cc2Cl)nnc1SCC(=O)Nc1scc(-c2ccc(F)cc2)c1C(=O)OC. The van der Waals surface area contributed by atoms with Crippen molar-refractivity contribution in [2.75, 3.05) is 18.2 Å². The molecule has 0 aliphatic rings. The number of carbonyl (C=O) groups excluding carboxylic acids is 2. The number of methoxy groups -OCH3 is 1. The Labute approximate surface area is 235 Å². The number of halogens is 3. The van der Waals surface area contributed by atoms with Crippen LogP contribution < -0.4 is 10.1 Å². The number of hydrogen-bond acceptors (Lipinski definition) is 8. The number of thiophene rings is 1. The molecule has 2 aromatic heterocycles. The van der Waals surface area contributed by atoms with Gasteiger partial charge in [0.2, 0.25) is 5.91 Å². The molecule has 0 atom stereocenters. The molecule has 0 spiro atoms. The van der Waals surface area contributed by atoms with E-state index in [1.54, 1.807) is 28.2 Å². The molecule has 0 aliphatic heterocycles. The summed E-state index contributed by atoms with van der Waals surface area (Å²) in [5, 5.41) is 13.6. The van der Waals surface area contributed by atoms with Gasteiger partial charge < -0.3 is 14.8 Å². The van der Waals surface area contributed by atoms with Crippen LogP contribution in [0.3, 0.4) is 0 Å². The molecule has 2 aromatic carbocycles. The van der Waals surface area contributed by atoms with Gasteiger partial charge >= 0.3 is 5.97 Å². The third kappa shape index (κ3) is 6.83. The molecule has 13 heteroatoms. The first-order valence-corrected chi connectivity index (χ1v) is 13.5. The molecule has 0 saturated carbocycles. The summed E-state index contributed by atoms with van der Waals surface area (Å²) >= 11 is 8.31. The van der Waals surface area contributed by atoms with E-state index < -0.39 is 17.6 Å². The van der Waals surface area contributed by atoms with Crippen molar-refractivity contribution in [2.24, 2.45) is 0 Å². The fraction of sp³-hybridized carbons (Fsp3) is 0.154. The average molecular weight is 591 g/mol. The third-order valence-corrected chi connectivity index (χ3v) is 7.43. The lowest BCUT2D eigenvalue weighted by molar-refractivity contribution is -0.113. The number of esters is 1. The highest BCUT2D eigenvalue weighted by Crippen LogP contribution is 2.36. The first-order valence-electron chi connectivity index (χ1n) is 11.3. The Morgan fingerprint density at radius 3 is 2.62 bits per heavy atom. The zero-order chi connectivity index (χ0) is 27.9. The van der Waals surface area contributed by atoms with E-state index in [1.807, 2.05) is 0 Å². The highest BCUT2D eigenvalue weighted by atomic mass is 35.5. The summed E-state index contributed by atoms with van der Waals surface area (Å²) in [5.41, 5.74) is 1.31. The predicted molar refractivity (Wildman–Crippen MR) is 146 cm³/mol. The maximum atomic E-state index is 13.4. The minimum atomic E-state index is -0.629. The highest BCUT2D eigenvalue weighted by molar-refractivity contribution is 7.99. The molecule has 8 nitrogen and oxygen atoms in total. The molecule has 4 aromatic rings. The molecule has 0 unspecified atom stereocenters. The van der Waals surface area contributed by atoms with Crippen LogP contribution in [0.25, 0.3) is 11.1 Å². The van der Waals surface area contributed by atoms with Crippen molar-refractivity contribution in [3.05, 3.63) is 88.5 Å². The largest absolute Gasteiger partial charge is 0.484 e. The van der Waals surface area contributed by atoms with Crippen LogP contribution in [-0.4, -0.2) is 39.5 Å². The molecule has 39 heavy (non-hydrogen) atoms. The Morgan fingerprint density at radius 2 is 1.92 bits per heavy atom. The fourth-order valence-corrected chi connectivity index (χ4v) is 5.43. The number of allylic oxidation sites excluding steroid dienone is 1. The molecule has 0 saturated heterocycles. The van der Waals surface area contributed by atoms with Gasteiger partial charge in [0.1, 0.15) is 34.6 Å². The molecule has 2 heterocycles. The minimum Gasteiger partial charge on any atom is -0.484 e. The molecule has 0 aliphatic carbocycles. The van der Waals surface area contributed by atoms with Gasteiger partial charge in [-0.3, -0.25) is 9.36 Å². The summed E-state index contributed by atoms with van der Waals surface area (Å²) in [6.45, 7) is 4.10. The number of rotatable bonds is 11. The van der Waals surface area contributed by atoms with Crippen LogP contribution in [0.4, 0.5) is 13.8 Å². The molecule has 0 radical (unpaired) electrons. The van der Waals surface area contributed by atoms with E-state index in [0.29, 0.717) is 33.7 Å². The van der Waals surface area contributed by atoms with E-state index in [9.17, 15) is 18.4 Å². The van der Waals surface area contributed by atoms with Crippen LogP contribution in [0, 0.1) is 11.6 Å². The predicted octanol–water partition coefficient (Wildman–Crippen LogP) is 6.22. The number of aromatic nitrogens is 3. The van der Waals surface area contributed by atoms with E-state index in [0.717, 1.165) is 29.2 Å². The van der Waals surface area contributed by atoms with Crippen molar-refractivity contribution < 1.29 is 27.8 Å². The van der Waals surface area contributed by atoms with Crippen LogP contribution >= 0.6 is 34.7 Å². The summed E-state index contributed by atoms with van der Waals surface area (Å²) in [7, 11) is 1.24. The molecule has 0 bridgehead atoms. The van der Waals surface area contributed by atoms with Crippen molar-refractivity contribution >= 4 is 51.6 Å². The zero-order valence-corrected chi connectivity index (χ0v) is 22.8. The number of amides is 1. The van der Waals surface area contributed by atoms with E-state index >= 15 is 0 Å². The summed E-state index contributed by atoms with van der Waals surface area (Å²) in [6.07, 6.45) is 1.65. The number of benzene rings is 2. The summed E-state index contributed by atoms with van der Waals surface area (Å²) in [6, 6.07) is 9.46. The Bertz CT molecular complexity index is 1510. The van der Waals surface area contributed by atoms with Gasteiger partial charge in [0.25, 0.3) is 0 Å². The smallest absolute Gasteiger partial charge is 0.341 e. The van der Waals surface area contributed by atoms with Gasteiger partial charge in [-0.1, -0.05) is 41.6 Å². The molecule has 4 rings (SSSR count). The summed E-state index contributed by atoms with van der Waals surface area (Å²) in [4.78, 5) is 25.3. The van der Waals surface area contributed by atoms with Crippen LogP contribution in [0.2, 0.25) is 5.02 Å². The van der Waals surface area contributed by atoms with Crippen molar-refractivity contribution in [1.82, 2.24) is 14.8 Å². The van der Waals surface area contributed by atoms with Crippen LogP contribution in [0.5, 0.6) is 5.75 Å². The Hall–Kier alpha value is -3.74. The van der Waals surface area contributed by atoms with Crippen molar-refractivity contribution in [3.63, 3.8) is 0 Å². The van der Waals surface area contributed by atoms with E-state index in [-0.39, 0.29) is 34.6 Å².